The fraction of sp³-hybridized carbons (Fsp3) is 0.500. The van der Waals surface area contributed by atoms with Gasteiger partial charge in [0.25, 0.3) is 0 Å². The van der Waals surface area contributed by atoms with E-state index in [1.54, 1.807) is 11.3 Å². The summed E-state index contributed by atoms with van der Waals surface area (Å²) in [5, 5.41) is 13.0. The van der Waals surface area contributed by atoms with Crippen LogP contribution in [0.15, 0.2) is 29.8 Å². The molecule has 1 aromatic carbocycles. The second-order valence-corrected chi connectivity index (χ2v) is 8.88. The van der Waals surface area contributed by atoms with Gasteiger partial charge in [-0.15, -0.1) is 11.3 Å². The van der Waals surface area contributed by atoms with E-state index in [0.717, 1.165) is 21.7 Å². The molecule has 31 heavy (non-hydrogen) atoms. The van der Waals surface area contributed by atoms with Crippen LogP contribution in [-0.4, -0.2) is 83.2 Å². The summed E-state index contributed by atoms with van der Waals surface area (Å²) >= 11 is 1.61. The van der Waals surface area contributed by atoms with Gasteiger partial charge in [-0.25, -0.2) is 4.98 Å². The zero-order valence-corrected chi connectivity index (χ0v) is 18.4. The van der Waals surface area contributed by atoms with E-state index in [4.69, 9.17) is 4.74 Å². The normalized spacial score (nSPS) is 21.9. The van der Waals surface area contributed by atoms with E-state index in [9.17, 15) is 14.7 Å². The Hall–Kier alpha value is -2.33. The minimum atomic E-state index is -0.675. The Bertz CT molecular complexity index is 910. The van der Waals surface area contributed by atoms with E-state index < -0.39 is 12.1 Å². The van der Waals surface area contributed by atoms with E-state index in [1.807, 2.05) is 41.6 Å². The first-order chi connectivity index (χ1) is 15.0. The highest BCUT2D eigenvalue weighted by atomic mass is 32.1. The van der Waals surface area contributed by atoms with Crippen LogP contribution < -0.4 is 5.32 Å². The number of morpholine rings is 1. The van der Waals surface area contributed by atoms with Crippen LogP contribution in [0.1, 0.15) is 17.7 Å². The number of aromatic nitrogens is 1. The molecule has 2 aliphatic heterocycles. The van der Waals surface area contributed by atoms with E-state index in [-0.39, 0.29) is 31.3 Å². The fourth-order valence-electron chi connectivity index (χ4n) is 4.04. The van der Waals surface area contributed by atoms with Crippen molar-refractivity contribution in [3.63, 3.8) is 0 Å². The van der Waals surface area contributed by atoms with Gasteiger partial charge >= 0.3 is 0 Å². The first-order valence-electron chi connectivity index (χ1n) is 10.6. The van der Waals surface area contributed by atoms with Crippen molar-refractivity contribution in [2.45, 2.75) is 32.0 Å². The van der Waals surface area contributed by atoms with E-state index in [0.29, 0.717) is 32.8 Å². The van der Waals surface area contributed by atoms with Crippen molar-refractivity contribution >= 4 is 23.2 Å². The molecule has 4 rings (SSSR count). The van der Waals surface area contributed by atoms with Crippen molar-refractivity contribution in [3.05, 3.63) is 41.0 Å². The third-order valence-corrected chi connectivity index (χ3v) is 6.77. The highest BCUT2D eigenvalue weighted by Crippen LogP contribution is 2.27. The fourth-order valence-corrected chi connectivity index (χ4v) is 4.85. The summed E-state index contributed by atoms with van der Waals surface area (Å²) < 4.78 is 5.32. The number of carbonyl (C=O) groups excluding carboxylic acids is 2. The van der Waals surface area contributed by atoms with Gasteiger partial charge in [-0.3, -0.25) is 14.5 Å². The van der Waals surface area contributed by atoms with Crippen LogP contribution in [0.5, 0.6) is 0 Å². The molecule has 2 N–H and O–H groups in total. The highest BCUT2D eigenvalue weighted by molar-refractivity contribution is 7.13. The molecule has 2 amide bonds. The molecule has 2 fully saturated rings. The molecule has 2 atom stereocenters. The molecule has 0 aliphatic carbocycles. The van der Waals surface area contributed by atoms with Crippen LogP contribution in [0.3, 0.4) is 0 Å². The number of thiazole rings is 1. The predicted octanol–water partition coefficient (Wildman–Crippen LogP) is 1.03. The Morgan fingerprint density at radius 1 is 1.26 bits per heavy atom. The van der Waals surface area contributed by atoms with Gasteiger partial charge in [0.2, 0.25) is 11.8 Å². The van der Waals surface area contributed by atoms with Crippen molar-refractivity contribution in [1.82, 2.24) is 20.1 Å². The average molecular weight is 445 g/mol. The van der Waals surface area contributed by atoms with Crippen molar-refractivity contribution in [3.8, 4) is 10.4 Å². The number of aliphatic hydroxyl groups is 1. The third kappa shape index (κ3) is 5.30. The molecule has 3 heterocycles. The number of rotatable bonds is 6. The maximum absolute atomic E-state index is 12.8. The van der Waals surface area contributed by atoms with Crippen LogP contribution in [0.2, 0.25) is 0 Å². The lowest BCUT2D eigenvalue weighted by atomic mass is 10.1. The third-order valence-electron chi connectivity index (χ3n) is 5.79. The minimum Gasteiger partial charge on any atom is -0.391 e. The van der Waals surface area contributed by atoms with Crippen molar-refractivity contribution in [1.29, 1.82) is 0 Å². The summed E-state index contributed by atoms with van der Waals surface area (Å²) in [7, 11) is 0. The Morgan fingerprint density at radius 3 is 2.68 bits per heavy atom. The molecule has 0 saturated carbocycles. The second kappa shape index (κ2) is 9.86. The zero-order chi connectivity index (χ0) is 21.8. The Kier molecular flexibility index (Phi) is 6.96. The smallest absolute Gasteiger partial charge is 0.243 e. The second-order valence-electron chi connectivity index (χ2n) is 8.02. The molecule has 0 bridgehead atoms. The first-order valence-corrected chi connectivity index (χ1v) is 11.4. The number of aryl methyl sites for hydroxylation is 1. The van der Waals surface area contributed by atoms with Crippen LogP contribution in [0.25, 0.3) is 10.4 Å². The molecule has 2 aromatic rings. The highest BCUT2D eigenvalue weighted by Gasteiger charge is 2.39. The van der Waals surface area contributed by atoms with Gasteiger partial charge in [-0.1, -0.05) is 24.3 Å². The number of ether oxygens (including phenoxy) is 1. The number of nitrogens with one attached hydrogen (secondary N) is 1. The summed E-state index contributed by atoms with van der Waals surface area (Å²) in [6.45, 7) is 5.44. The van der Waals surface area contributed by atoms with Crippen molar-refractivity contribution < 1.29 is 19.4 Å². The number of carbonyl (C=O) groups is 2. The van der Waals surface area contributed by atoms with Gasteiger partial charge < -0.3 is 20.1 Å². The molecule has 0 radical (unpaired) electrons. The van der Waals surface area contributed by atoms with E-state index >= 15 is 0 Å². The monoisotopic (exact) mass is 444 g/mol. The van der Waals surface area contributed by atoms with E-state index in [1.165, 1.54) is 4.90 Å². The number of aliphatic hydroxyl groups excluding tert-OH is 1. The van der Waals surface area contributed by atoms with Crippen molar-refractivity contribution in [2.24, 2.45) is 0 Å². The number of hydrogen-bond donors (Lipinski definition) is 2. The van der Waals surface area contributed by atoms with E-state index in [2.05, 4.69) is 10.3 Å². The van der Waals surface area contributed by atoms with Crippen LogP contribution in [0, 0.1) is 6.92 Å². The Balaban J connectivity index is 1.33. The summed E-state index contributed by atoms with van der Waals surface area (Å²) in [5.74, 6) is -0.350. The van der Waals surface area contributed by atoms with Gasteiger partial charge in [0.15, 0.2) is 0 Å². The first kappa shape index (κ1) is 21.9. The summed E-state index contributed by atoms with van der Waals surface area (Å²) in [4.78, 5) is 34.6. The molecular formula is C22H28N4O4S. The van der Waals surface area contributed by atoms with Crippen LogP contribution in [-0.2, 0) is 20.9 Å². The maximum Gasteiger partial charge on any atom is 0.243 e. The standard InChI is InChI=1S/C22H28N4O4S/c1-15-21(31-14-24-15)17-4-2-16(3-5-17)11-23-22(29)19-10-18(27)12-26(19)20(28)13-25-6-8-30-9-7-25/h2-5,14,18-19,27H,6-13H2,1H3,(H,23,29)/t18-,19+/m1/s1. The molecule has 9 heteroatoms. The average Bonchev–Trinajstić information content (AvgIpc) is 3.39. The van der Waals surface area contributed by atoms with Gasteiger partial charge in [-0.2, -0.15) is 0 Å². The molecule has 2 aliphatic rings. The predicted molar refractivity (Wildman–Crippen MR) is 118 cm³/mol. The maximum atomic E-state index is 12.8. The van der Waals surface area contributed by atoms with Gasteiger partial charge in [-0.05, 0) is 18.1 Å². The van der Waals surface area contributed by atoms with Crippen LogP contribution >= 0.6 is 11.3 Å². The van der Waals surface area contributed by atoms with Crippen molar-refractivity contribution in [2.75, 3.05) is 39.4 Å². The SMILES string of the molecule is Cc1ncsc1-c1ccc(CNC(=O)[C@@H]2C[C@@H](O)CN2C(=O)CN2CCOCC2)cc1. The van der Waals surface area contributed by atoms with Crippen LogP contribution in [0.4, 0.5) is 0 Å². The summed E-state index contributed by atoms with van der Waals surface area (Å²) in [6.07, 6.45) is -0.407. The number of β-amino-alcohol motifs (C(OH)–C–C–N with tert-alkyl or cyclic N) is 1. The molecule has 0 spiro atoms. The number of nitrogens with zero attached hydrogens (tertiary/aromatic N) is 3. The Morgan fingerprint density at radius 2 is 2.00 bits per heavy atom. The van der Waals surface area contributed by atoms with Gasteiger partial charge in [0.1, 0.15) is 6.04 Å². The summed E-state index contributed by atoms with van der Waals surface area (Å²) in [5.41, 5.74) is 4.92. The molecule has 0 unspecified atom stereocenters. The lowest BCUT2D eigenvalue weighted by Crippen LogP contribution is -2.50. The summed E-state index contributed by atoms with van der Waals surface area (Å²) in [6, 6.07) is 7.39. The minimum absolute atomic E-state index is 0.122. The van der Waals surface area contributed by atoms with Gasteiger partial charge in [0, 0.05) is 32.6 Å². The lowest BCUT2D eigenvalue weighted by molar-refractivity contribution is -0.140. The largest absolute Gasteiger partial charge is 0.391 e. The lowest BCUT2D eigenvalue weighted by Gasteiger charge is -2.30. The molecule has 1 aromatic heterocycles. The molecule has 2 saturated heterocycles. The number of hydrogen-bond acceptors (Lipinski definition) is 7. The number of benzene rings is 1. The number of likely N-dealkylation sites (tertiary alicyclic amines) is 1. The zero-order valence-electron chi connectivity index (χ0n) is 17.6. The Labute approximate surface area is 185 Å². The molecule has 166 valence electrons. The van der Waals surface area contributed by atoms with Gasteiger partial charge in [0.05, 0.1) is 41.9 Å². The quantitative estimate of drug-likeness (QED) is 0.691. The molecular weight excluding hydrogens is 416 g/mol. The molecule has 8 nitrogen and oxygen atoms in total. The number of amides is 2. The topological polar surface area (TPSA) is 95.0 Å².